The summed E-state index contributed by atoms with van der Waals surface area (Å²) in [5.74, 6) is -0.0799. The van der Waals surface area contributed by atoms with Gasteiger partial charge in [-0.3, -0.25) is 4.55 Å². The second kappa shape index (κ2) is 20.2. The minimum atomic E-state index is -3.73. The van der Waals surface area contributed by atoms with Crippen LogP contribution in [0.1, 0.15) is 113 Å². The molecule has 0 aromatic heterocycles. The van der Waals surface area contributed by atoms with Gasteiger partial charge in [0, 0.05) is 0 Å². The first-order valence-corrected chi connectivity index (χ1v) is 15.4. The zero-order chi connectivity index (χ0) is 24.9. The van der Waals surface area contributed by atoms with Crippen molar-refractivity contribution in [3.05, 3.63) is 0 Å². The maximum atomic E-state index is 10.4. The molecule has 0 aromatic carbocycles. The molecule has 0 aromatic rings. The van der Waals surface area contributed by atoms with E-state index in [9.17, 15) is 8.42 Å². The van der Waals surface area contributed by atoms with Crippen LogP contribution in [0.15, 0.2) is 0 Å². The van der Waals surface area contributed by atoms with Crippen LogP contribution in [0, 0.1) is 0 Å². The van der Waals surface area contributed by atoms with Crippen molar-refractivity contribution < 1.29 is 21.9 Å². The molecule has 0 unspecified atom stereocenters. The van der Waals surface area contributed by atoms with E-state index in [1.165, 1.54) is 106 Å². The van der Waals surface area contributed by atoms with Gasteiger partial charge in [0.05, 0.1) is 45.0 Å². The summed E-state index contributed by atoms with van der Waals surface area (Å²) in [5.41, 5.74) is 0. The fourth-order valence-electron chi connectivity index (χ4n) is 4.49. The highest BCUT2D eigenvalue weighted by Crippen LogP contribution is 2.12. The molecule has 0 radical (unpaired) electrons. The molecule has 32 heavy (non-hydrogen) atoms. The smallest absolute Gasteiger partial charge is 0.264 e. The van der Waals surface area contributed by atoms with Gasteiger partial charge >= 0.3 is 0 Å². The minimum Gasteiger partial charge on any atom is -0.320 e. The Kier molecular flexibility index (Phi) is 21.5. The Hall–Kier alpha value is -0.170. The Morgan fingerprint density at radius 1 is 0.500 bits per heavy atom. The van der Waals surface area contributed by atoms with E-state index in [4.69, 9.17) is 4.55 Å². The number of rotatable bonds is 20. The number of unbranched alkanes of at least 4 members (excludes halogenated alkanes) is 9. The highest BCUT2D eigenvalue weighted by atomic mass is 32.2. The van der Waals surface area contributed by atoms with Crippen LogP contribution in [0.25, 0.3) is 0 Å². The Balaban J connectivity index is 0. The summed E-state index contributed by atoms with van der Waals surface area (Å²) in [4.78, 5) is 0. The lowest BCUT2D eigenvalue weighted by Gasteiger charge is -2.41. The molecule has 0 aliphatic carbocycles. The van der Waals surface area contributed by atoms with E-state index in [-0.39, 0.29) is 5.75 Å². The van der Waals surface area contributed by atoms with Gasteiger partial charge in [-0.1, -0.05) is 64.7 Å². The maximum absolute atomic E-state index is 10.4. The summed E-state index contributed by atoms with van der Waals surface area (Å²) in [6.07, 6.45) is 11.7. The van der Waals surface area contributed by atoms with Crippen LogP contribution in [-0.4, -0.2) is 80.0 Å². The summed E-state index contributed by atoms with van der Waals surface area (Å²) < 4.78 is 31.9. The van der Waals surface area contributed by atoms with E-state index in [0.717, 1.165) is 12.8 Å². The number of quaternary nitrogens is 2. The third kappa shape index (κ3) is 17.3. The quantitative estimate of drug-likeness (QED) is 0.122. The SMILES string of the molecule is CCCCCCCCCCCCS(=O)(=O)O.CC[N+](CC)(CC)CC[N+](CC)(CC)CC. The van der Waals surface area contributed by atoms with Crippen LogP contribution in [-0.2, 0) is 10.1 Å². The molecule has 0 bridgehead atoms. The second-order valence-electron chi connectivity index (χ2n) is 9.50. The summed E-state index contributed by atoms with van der Waals surface area (Å²) in [7, 11) is -3.73. The van der Waals surface area contributed by atoms with Crippen molar-refractivity contribution in [3.63, 3.8) is 0 Å². The molecule has 0 atom stereocenters. The van der Waals surface area contributed by atoms with Gasteiger partial charge in [-0.05, 0) is 48.0 Å². The Morgan fingerprint density at radius 3 is 1.03 bits per heavy atom. The molecule has 0 saturated heterocycles. The molecule has 0 aliphatic rings. The fraction of sp³-hybridized carbons (Fsp3) is 1.00. The van der Waals surface area contributed by atoms with E-state index in [2.05, 4.69) is 48.5 Å². The highest BCUT2D eigenvalue weighted by Gasteiger charge is 2.28. The molecule has 0 amide bonds. The van der Waals surface area contributed by atoms with Gasteiger partial charge in [-0.2, -0.15) is 8.42 Å². The van der Waals surface area contributed by atoms with E-state index >= 15 is 0 Å². The van der Waals surface area contributed by atoms with Crippen LogP contribution in [0.4, 0.5) is 0 Å². The monoisotopic (exact) mass is 480 g/mol. The van der Waals surface area contributed by atoms with Gasteiger partial charge in [0.15, 0.2) is 0 Å². The first-order chi connectivity index (χ1) is 15.1. The first kappa shape index (κ1) is 34.0. The second-order valence-corrected chi connectivity index (χ2v) is 11.1. The number of hydrogen-bond donors (Lipinski definition) is 1. The van der Waals surface area contributed by atoms with Gasteiger partial charge < -0.3 is 8.97 Å². The molecule has 0 aliphatic heterocycles. The molecule has 0 saturated carbocycles. The van der Waals surface area contributed by atoms with E-state index in [1.807, 2.05) is 0 Å². The van der Waals surface area contributed by atoms with Crippen LogP contribution < -0.4 is 0 Å². The summed E-state index contributed by atoms with van der Waals surface area (Å²) >= 11 is 0. The van der Waals surface area contributed by atoms with Gasteiger partial charge in [-0.25, -0.2) is 0 Å². The third-order valence-corrected chi connectivity index (χ3v) is 8.63. The van der Waals surface area contributed by atoms with Gasteiger partial charge in [0.25, 0.3) is 10.1 Å². The topological polar surface area (TPSA) is 54.4 Å². The Labute approximate surface area is 202 Å². The van der Waals surface area contributed by atoms with Gasteiger partial charge in [-0.15, -0.1) is 0 Å². The van der Waals surface area contributed by atoms with Crippen LogP contribution in [0.3, 0.4) is 0 Å². The largest absolute Gasteiger partial charge is 0.320 e. The van der Waals surface area contributed by atoms with E-state index in [0.29, 0.717) is 6.42 Å². The highest BCUT2D eigenvalue weighted by molar-refractivity contribution is 7.85. The molecular formula is C26H60N2O3S+2. The first-order valence-electron chi connectivity index (χ1n) is 13.8. The molecule has 6 heteroatoms. The van der Waals surface area contributed by atoms with Crippen molar-refractivity contribution in [1.29, 1.82) is 0 Å². The van der Waals surface area contributed by atoms with Gasteiger partial charge in [0.2, 0.25) is 0 Å². The molecule has 0 fully saturated rings. The predicted octanol–water partition coefficient (Wildman–Crippen LogP) is 6.53. The maximum Gasteiger partial charge on any atom is 0.264 e. The number of likely N-dealkylation sites (N-methyl/N-ethyl adjacent to an activating group) is 2. The minimum absolute atomic E-state index is 0.0799. The number of hydrogen-bond acceptors (Lipinski definition) is 2. The van der Waals surface area contributed by atoms with Gasteiger partial charge in [0.1, 0.15) is 13.1 Å². The Morgan fingerprint density at radius 2 is 0.781 bits per heavy atom. The third-order valence-electron chi connectivity index (χ3n) is 7.83. The fourth-order valence-corrected chi connectivity index (χ4v) is 5.06. The summed E-state index contributed by atoms with van der Waals surface area (Å²) in [6, 6.07) is 0. The summed E-state index contributed by atoms with van der Waals surface area (Å²) in [6.45, 7) is 26.6. The zero-order valence-corrected chi connectivity index (χ0v) is 23.8. The molecule has 0 rings (SSSR count). The van der Waals surface area contributed by atoms with Crippen molar-refractivity contribution in [3.8, 4) is 0 Å². The lowest BCUT2D eigenvalue weighted by molar-refractivity contribution is -0.976. The zero-order valence-electron chi connectivity index (χ0n) is 23.0. The molecule has 5 nitrogen and oxygen atoms in total. The van der Waals surface area contributed by atoms with E-state index < -0.39 is 10.1 Å². The standard InChI is InChI=1S/C14H34N2.C12H26O3S/c1-7-15(8-2,9-3)13-14-16(10-4,11-5)12-6;1-2-3-4-5-6-7-8-9-10-11-12-16(13,14)15/h7-14H2,1-6H3;2-12H2,1H3,(H,13,14,15)/q+2;. The van der Waals surface area contributed by atoms with Crippen molar-refractivity contribution in [2.75, 3.05) is 58.1 Å². The molecule has 1 N–H and O–H groups in total. The average Bonchev–Trinajstić information content (AvgIpc) is 2.79. The molecular weight excluding hydrogens is 420 g/mol. The molecule has 0 spiro atoms. The predicted molar refractivity (Wildman–Crippen MR) is 142 cm³/mol. The van der Waals surface area contributed by atoms with Crippen molar-refractivity contribution >= 4 is 10.1 Å². The van der Waals surface area contributed by atoms with E-state index in [1.54, 1.807) is 0 Å². The lowest BCUT2D eigenvalue weighted by Crippen LogP contribution is -2.57. The normalized spacial score (nSPS) is 12.5. The molecule has 196 valence electrons. The molecule has 0 heterocycles. The van der Waals surface area contributed by atoms with Crippen molar-refractivity contribution in [2.45, 2.75) is 113 Å². The summed E-state index contributed by atoms with van der Waals surface area (Å²) in [5, 5.41) is 0. The number of nitrogens with zero attached hydrogens (tertiary/aromatic N) is 2. The lowest BCUT2D eigenvalue weighted by atomic mass is 10.1. The Bertz CT molecular complexity index is 465. The van der Waals surface area contributed by atoms with Crippen LogP contribution >= 0.6 is 0 Å². The van der Waals surface area contributed by atoms with Crippen molar-refractivity contribution in [2.24, 2.45) is 0 Å². The average molecular weight is 481 g/mol. The van der Waals surface area contributed by atoms with Crippen LogP contribution in [0.2, 0.25) is 0 Å². The van der Waals surface area contributed by atoms with Crippen LogP contribution in [0.5, 0.6) is 0 Å². The van der Waals surface area contributed by atoms with Crippen molar-refractivity contribution in [1.82, 2.24) is 0 Å².